The first kappa shape index (κ1) is 37.8. The molecule has 0 radical (unpaired) electrons. The lowest BCUT2D eigenvalue weighted by Crippen LogP contribution is -2.74. The Balaban J connectivity index is 1.00. The summed E-state index contributed by atoms with van der Waals surface area (Å²) in [5.74, 6) is 0. The second-order valence-electron chi connectivity index (χ2n) is 17.2. The number of nitriles is 1. The van der Waals surface area contributed by atoms with E-state index >= 15 is 0 Å². The van der Waals surface area contributed by atoms with Crippen LogP contribution in [0.1, 0.15) is 5.56 Å². The highest BCUT2D eigenvalue weighted by Gasteiger charge is 2.41. The fraction of sp³-hybridized carbons (Fsp3) is 0. The average Bonchev–Trinajstić information content (AvgIpc) is 4.02. The lowest BCUT2D eigenvalue weighted by molar-refractivity contribution is 1.16. The summed E-state index contributed by atoms with van der Waals surface area (Å²) in [5.41, 5.74) is 10.8. The third kappa shape index (κ3) is 5.56. The fourth-order valence-corrected chi connectivity index (χ4v) is 15.8. The number of nitrogens with zero attached hydrogens (tertiary/aromatic N) is 4. The molecule has 0 atom stereocenters. The Morgan fingerprint density at radius 1 is 0.273 bits per heavy atom. The quantitative estimate of drug-likeness (QED) is 0.116. The molecule has 10 aromatic carbocycles. The van der Waals surface area contributed by atoms with Gasteiger partial charge in [0.05, 0.1) is 44.7 Å². The SMILES string of the molecule is N#Cc1ccc2c(c1)c1ccccc1n2-c1ccc2c(c1)c1ccccc1n2-c1ccc2c(c1)c1ccccc1n2-c1cccc([Si](c2ccccc2)(c2ccccc2)c2ccccc2)c1. The summed E-state index contributed by atoms with van der Waals surface area (Å²) in [6.07, 6.45) is 0. The molecule has 0 aliphatic carbocycles. The Morgan fingerprint density at radius 2 is 0.621 bits per heavy atom. The fourth-order valence-electron chi connectivity index (χ4n) is 11.0. The number of hydrogen-bond donors (Lipinski definition) is 0. The molecule has 0 N–H and O–H groups in total. The van der Waals surface area contributed by atoms with Crippen molar-refractivity contribution in [3.8, 4) is 23.1 Å². The zero-order valence-corrected chi connectivity index (χ0v) is 36.9. The Morgan fingerprint density at radius 3 is 1.06 bits per heavy atom. The molecule has 5 heteroatoms. The van der Waals surface area contributed by atoms with E-state index in [9.17, 15) is 5.26 Å². The number of aromatic nitrogens is 3. The van der Waals surface area contributed by atoms with Crippen LogP contribution in [-0.4, -0.2) is 21.8 Å². The molecular formula is C61H40N4Si. The Labute approximate surface area is 382 Å². The highest BCUT2D eigenvalue weighted by molar-refractivity contribution is 7.19. The van der Waals surface area contributed by atoms with Gasteiger partial charge in [-0.25, -0.2) is 0 Å². The smallest absolute Gasteiger partial charge is 0.179 e. The molecule has 4 nitrogen and oxygen atoms in total. The van der Waals surface area contributed by atoms with Crippen LogP contribution < -0.4 is 20.7 Å². The van der Waals surface area contributed by atoms with Crippen LogP contribution >= 0.6 is 0 Å². The predicted octanol–water partition coefficient (Wildman–Crippen LogP) is 12.2. The maximum absolute atomic E-state index is 9.76. The average molecular weight is 857 g/mol. The van der Waals surface area contributed by atoms with E-state index in [1.165, 1.54) is 47.8 Å². The number of para-hydroxylation sites is 3. The van der Waals surface area contributed by atoms with E-state index in [2.05, 4.69) is 250 Å². The molecule has 0 saturated heterocycles. The van der Waals surface area contributed by atoms with Gasteiger partial charge in [-0.15, -0.1) is 0 Å². The topological polar surface area (TPSA) is 38.6 Å². The van der Waals surface area contributed by atoms with Gasteiger partial charge in [-0.05, 0) is 106 Å². The van der Waals surface area contributed by atoms with Crippen LogP contribution in [0, 0.1) is 11.3 Å². The highest BCUT2D eigenvalue weighted by atomic mass is 28.3. The zero-order valence-electron chi connectivity index (χ0n) is 35.9. The second kappa shape index (κ2) is 15.0. The van der Waals surface area contributed by atoms with Crippen molar-refractivity contribution in [1.29, 1.82) is 5.26 Å². The summed E-state index contributed by atoms with van der Waals surface area (Å²) in [6, 6.07) is 91.0. The Hall–Kier alpha value is -8.69. The number of rotatable bonds is 7. The standard InChI is InChI=1S/C61H40N4Si/c62-41-42-31-34-59-53(37-42)50-25-10-13-28-56(50)64(59)44-33-36-61-55(39-44)52-27-12-15-30-58(52)65(61)45-32-35-60-54(40-45)51-26-11-14-29-57(51)63(60)43-17-16-24-49(38-43)66(46-18-4-1-5-19-46,47-20-6-2-7-21-47)48-22-8-3-9-23-48/h1-40H. The maximum atomic E-state index is 9.76. The van der Waals surface area contributed by atoms with Crippen molar-refractivity contribution < 1.29 is 0 Å². The van der Waals surface area contributed by atoms with Crippen LogP contribution in [0.2, 0.25) is 0 Å². The molecule has 13 aromatic rings. The van der Waals surface area contributed by atoms with Crippen molar-refractivity contribution in [2.75, 3.05) is 0 Å². The van der Waals surface area contributed by atoms with Gasteiger partial charge in [0.15, 0.2) is 8.07 Å². The van der Waals surface area contributed by atoms with E-state index in [4.69, 9.17) is 0 Å². The van der Waals surface area contributed by atoms with Gasteiger partial charge < -0.3 is 13.7 Å². The van der Waals surface area contributed by atoms with Gasteiger partial charge in [-0.2, -0.15) is 5.26 Å². The lowest BCUT2D eigenvalue weighted by Gasteiger charge is -2.34. The molecule has 0 unspecified atom stereocenters. The molecule has 0 spiro atoms. The summed E-state index contributed by atoms with van der Waals surface area (Å²) in [4.78, 5) is 0. The molecule has 0 amide bonds. The van der Waals surface area contributed by atoms with Gasteiger partial charge in [0.1, 0.15) is 0 Å². The molecule has 0 aliphatic heterocycles. The van der Waals surface area contributed by atoms with Crippen LogP contribution in [0.3, 0.4) is 0 Å². The van der Waals surface area contributed by atoms with Gasteiger partial charge in [0.25, 0.3) is 0 Å². The summed E-state index contributed by atoms with van der Waals surface area (Å²) in [5, 5.41) is 22.2. The van der Waals surface area contributed by atoms with E-state index in [1.54, 1.807) is 0 Å². The molecule has 0 aliphatic rings. The number of benzene rings is 10. The highest BCUT2D eigenvalue weighted by Crippen LogP contribution is 2.39. The molecule has 3 aromatic heterocycles. The third-order valence-electron chi connectivity index (χ3n) is 13.8. The Kier molecular flexibility index (Phi) is 8.57. The van der Waals surface area contributed by atoms with Crippen LogP contribution in [0.4, 0.5) is 0 Å². The molecule has 308 valence electrons. The van der Waals surface area contributed by atoms with Crippen LogP contribution in [0.15, 0.2) is 243 Å². The predicted molar refractivity (Wildman–Crippen MR) is 278 cm³/mol. The first-order valence-electron chi connectivity index (χ1n) is 22.5. The summed E-state index contributed by atoms with van der Waals surface area (Å²) < 4.78 is 7.21. The van der Waals surface area contributed by atoms with Crippen molar-refractivity contribution in [3.05, 3.63) is 248 Å². The largest absolute Gasteiger partial charge is 0.309 e. The third-order valence-corrected chi connectivity index (χ3v) is 18.6. The minimum absolute atomic E-state index is 0.662. The monoisotopic (exact) mass is 856 g/mol. The van der Waals surface area contributed by atoms with Gasteiger partial charge in [0.2, 0.25) is 0 Å². The second-order valence-corrected chi connectivity index (χ2v) is 21.0. The number of hydrogen-bond acceptors (Lipinski definition) is 1. The summed E-state index contributed by atoms with van der Waals surface area (Å²) in [6.45, 7) is 0. The lowest BCUT2D eigenvalue weighted by atomic mass is 10.1. The molecule has 13 rings (SSSR count). The van der Waals surface area contributed by atoms with E-state index in [1.807, 2.05) is 12.1 Å². The van der Waals surface area contributed by atoms with E-state index in [-0.39, 0.29) is 0 Å². The normalized spacial score (nSPS) is 11.9. The van der Waals surface area contributed by atoms with Crippen LogP contribution in [-0.2, 0) is 0 Å². The molecule has 3 heterocycles. The van der Waals surface area contributed by atoms with Crippen molar-refractivity contribution in [2.45, 2.75) is 0 Å². The van der Waals surface area contributed by atoms with Crippen molar-refractivity contribution in [1.82, 2.24) is 13.7 Å². The van der Waals surface area contributed by atoms with Crippen LogP contribution in [0.5, 0.6) is 0 Å². The minimum atomic E-state index is -2.76. The molecule has 0 saturated carbocycles. The van der Waals surface area contributed by atoms with Crippen molar-refractivity contribution in [3.63, 3.8) is 0 Å². The van der Waals surface area contributed by atoms with Gasteiger partial charge in [-0.1, -0.05) is 158 Å². The molecule has 0 fully saturated rings. The summed E-state index contributed by atoms with van der Waals surface area (Å²) >= 11 is 0. The molecule has 0 bridgehead atoms. The van der Waals surface area contributed by atoms with Gasteiger partial charge >= 0.3 is 0 Å². The first-order valence-corrected chi connectivity index (χ1v) is 24.5. The van der Waals surface area contributed by atoms with Gasteiger partial charge in [0, 0.05) is 49.4 Å². The van der Waals surface area contributed by atoms with Gasteiger partial charge in [-0.3, -0.25) is 0 Å². The minimum Gasteiger partial charge on any atom is -0.309 e. The van der Waals surface area contributed by atoms with E-state index in [0.29, 0.717) is 5.56 Å². The van der Waals surface area contributed by atoms with Crippen LogP contribution in [0.25, 0.3) is 82.5 Å². The molecule has 66 heavy (non-hydrogen) atoms. The number of fused-ring (bicyclic) bond motifs is 9. The van der Waals surface area contributed by atoms with E-state index < -0.39 is 8.07 Å². The maximum Gasteiger partial charge on any atom is 0.179 e. The first-order chi connectivity index (χ1) is 32.7. The summed E-state index contributed by atoms with van der Waals surface area (Å²) in [7, 11) is -2.76. The zero-order chi connectivity index (χ0) is 43.8. The molecular weight excluding hydrogens is 817 g/mol. The van der Waals surface area contributed by atoms with Crippen molar-refractivity contribution in [2.24, 2.45) is 0 Å². The van der Waals surface area contributed by atoms with Crippen molar-refractivity contribution >= 4 is 94.2 Å². The Bertz CT molecular complexity index is 3960. The van der Waals surface area contributed by atoms with E-state index in [0.717, 1.165) is 55.4 Å².